The van der Waals surface area contributed by atoms with Crippen LogP contribution in [0.5, 0.6) is 0 Å². The van der Waals surface area contributed by atoms with Gasteiger partial charge in [-0.15, -0.1) is 5.10 Å². The van der Waals surface area contributed by atoms with Crippen LogP contribution in [0.15, 0.2) is 54.6 Å². The second-order valence-electron chi connectivity index (χ2n) is 7.57. The summed E-state index contributed by atoms with van der Waals surface area (Å²) in [4.78, 5) is 27.3. The van der Waals surface area contributed by atoms with Gasteiger partial charge in [0, 0.05) is 23.6 Å². The number of allylic oxidation sites excluding steroid dienone is 1. The van der Waals surface area contributed by atoms with Gasteiger partial charge in [-0.1, -0.05) is 53.6 Å². The number of amides is 1. The molecule has 0 spiro atoms. The van der Waals surface area contributed by atoms with Crippen molar-refractivity contribution in [3.8, 4) is 0 Å². The molecule has 1 aromatic heterocycles. The zero-order valence-electron chi connectivity index (χ0n) is 17.4. The number of carbonyl (C=O) groups excluding carboxylic acids is 1. The molecule has 0 aliphatic carbocycles. The number of aliphatic carboxylic acids is 1. The fourth-order valence-electron chi connectivity index (χ4n) is 3.43. The van der Waals surface area contributed by atoms with Crippen LogP contribution in [0.2, 0.25) is 5.02 Å². The summed E-state index contributed by atoms with van der Waals surface area (Å²) in [5, 5.41) is 19.8. The molecule has 0 fully saturated rings. The summed E-state index contributed by atoms with van der Waals surface area (Å²) < 4.78 is 1.72. The number of benzene rings is 2. The molecule has 1 amide bonds. The van der Waals surface area contributed by atoms with Crippen molar-refractivity contribution in [3.05, 3.63) is 76.3 Å². The Morgan fingerprint density at radius 2 is 1.84 bits per heavy atom. The first-order valence-electron chi connectivity index (χ1n) is 10.2. The molecule has 3 aromatic rings. The van der Waals surface area contributed by atoms with E-state index < -0.39 is 5.97 Å². The Labute approximate surface area is 189 Å². The molecule has 1 aliphatic heterocycles. The maximum atomic E-state index is 12.2. The lowest BCUT2D eigenvalue weighted by atomic mass is 10.0. The molecule has 32 heavy (non-hydrogen) atoms. The third kappa shape index (κ3) is 4.97. The van der Waals surface area contributed by atoms with Crippen molar-refractivity contribution in [3.63, 3.8) is 0 Å². The number of nitrogens with one attached hydrogen (secondary N) is 2. The first-order chi connectivity index (χ1) is 15.4. The molecule has 1 atom stereocenters. The normalized spacial score (nSPS) is 14.8. The molecule has 4 rings (SSSR count). The predicted molar refractivity (Wildman–Crippen MR) is 123 cm³/mol. The standard InChI is InChI=1S/C23H22ClN5O3/c1-14-5-7-16(8-6-14)19-13-18(15-9-11-17(24)12-10-15)25-23-27-22(28-29(19)23)26-20(30)3-2-4-21(31)32/h5-13,19H,2-4H2,1H3,(H,31,32)(H2,25,26,27,28,30)/t19-/m0/s1. The lowest BCUT2D eigenvalue weighted by Gasteiger charge is -2.24. The van der Waals surface area contributed by atoms with Crippen LogP contribution in [-0.4, -0.2) is 31.7 Å². The Morgan fingerprint density at radius 1 is 1.12 bits per heavy atom. The number of halogens is 1. The van der Waals surface area contributed by atoms with Crippen LogP contribution >= 0.6 is 11.6 Å². The van der Waals surface area contributed by atoms with Gasteiger partial charge in [0.2, 0.25) is 11.9 Å². The van der Waals surface area contributed by atoms with E-state index in [4.69, 9.17) is 16.7 Å². The van der Waals surface area contributed by atoms with Crippen molar-refractivity contribution < 1.29 is 14.7 Å². The van der Waals surface area contributed by atoms with Gasteiger partial charge in [0.05, 0.1) is 0 Å². The zero-order chi connectivity index (χ0) is 22.7. The summed E-state index contributed by atoms with van der Waals surface area (Å²) in [5.74, 6) is -0.606. The van der Waals surface area contributed by atoms with E-state index in [-0.39, 0.29) is 37.2 Å². The topological polar surface area (TPSA) is 109 Å². The smallest absolute Gasteiger partial charge is 0.303 e. The molecule has 2 heterocycles. The van der Waals surface area contributed by atoms with Gasteiger partial charge >= 0.3 is 5.97 Å². The monoisotopic (exact) mass is 451 g/mol. The molecule has 1 aliphatic rings. The highest BCUT2D eigenvalue weighted by Gasteiger charge is 2.25. The number of anilines is 2. The minimum atomic E-state index is -0.931. The molecule has 0 saturated heterocycles. The first-order valence-corrected chi connectivity index (χ1v) is 10.6. The molecule has 3 N–H and O–H groups in total. The number of carboxylic acids is 1. The van der Waals surface area contributed by atoms with Crippen molar-refractivity contribution in [2.24, 2.45) is 0 Å². The minimum absolute atomic E-state index is 0.0635. The van der Waals surface area contributed by atoms with Crippen molar-refractivity contribution >= 4 is 41.1 Å². The van der Waals surface area contributed by atoms with E-state index in [2.05, 4.69) is 20.7 Å². The molecule has 9 heteroatoms. The molecule has 8 nitrogen and oxygen atoms in total. The van der Waals surface area contributed by atoms with Gasteiger partial charge in [-0.25, -0.2) is 4.68 Å². The number of rotatable bonds is 7. The van der Waals surface area contributed by atoms with Crippen LogP contribution in [0.1, 0.15) is 42.0 Å². The largest absolute Gasteiger partial charge is 0.481 e. The number of hydrogen-bond donors (Lipinski definition) is 3. The Bertz CT molecular complexity index is 1170. The molecular formula is C23H22ClN5O3. The average Bonchev–Trinajstić information content (AvgIpc) is 3.16. The Kier molecular flexibility index (Phi) is 6.23. The van der Waals surface area contributed by atoms with E-state index in [0.717, 1.165) is 22.4 Å². The van der Waals surface area contributed by atoms with Crippen molar-refractivity contribution in [1.82, 2.24) is 14.8 Å². The summed E-state index contributed by atoms with van der Waals surface area (Å²) >= 11 is 6.04. The van der Waals surface area contributed by atoms with Gasteiger partial charge in [0.25, 0.3) is 5.95 Å². The van der Waals surface area contributed by atoms with Gasteiger partial charge in [-0.2, -0.15) is 4.98 Å². The quantitative estimate of drug-likeness (QED) is 0.488. The zero-order valence-corrected chi connectivity index (χ0v) is 18.1. The first kappa shape index (κ1) is 21.6. The van der Waals surface area contributed by atoms with E-state index in [9.17, 15) is 9.59 Å². The highest BCUT2D eigenvalue weighted by molar-refractivity contribution is 6.30. The number of fused-ring (bicyclic) bond motifs is 1. The lowest BCUT2D eigenvalue weighted by Crippen LogP contribution is -2.20. The van der Waals surface area contributed by atoms with Gasteiger partial charge < -0.3 is 10.4 Å². The number of nitrogens with zero attached hydrogens (tertiary/aromatic N) is 3. The predicted octanol–water partition coefficient (Wildman–Crippen LogP) is 4.49. The molecule has 0 radical (unpaired) electrons. The maximum Gasteiger partial charge on any atom is 0.303 e. The average molecular weight is 452 g/mol. The van der Waals surface area contributed by atoms with E-state index >= 15 is 0 Å². The third-order valence-electron chi connectivity index (χ3n) is 5.09. The molecule has 0 bridgehead atoms. The molecular weight excluding hydrogens is 430 g/mol. The Morgan fingerprint density at radius 3 is 2.53 bits per heavy atom. The van der Waals surface area contributed by atoms with Gasteiger partial charge in [0.1, 0.15) is 6.04 Å². The summed E-state index contributed by atoms with van der Waals surface area (Å²) in [6.45, 7) is 2.03. The number of carboxylic acid groups (broad SMARTS) is 1. The Hall–Kier alpha value is -3.65. The molecule has 0 saturated carbocycles. The van der Waals surface area contributed by atoms with Crippen molar-refractivity contribution in [2.75, 3.05) is 10.6 Å². The third-order valence-corrected chi connectivity index (χ3v) is 5.34. The number of aromatic nitrogens is 3. The van der Waals surface area contributed by atoms with Crippen LogP contribution in [0.3, 0.4) is 0 Å². The number of carbonyl (C=O) groups is 2. The SMILES string of the molecule is Cc1ccc([C@@H]2C=C(c3ccc(Cl)cc3)Nc3nc(NC(=O)CCCC(=O)O)nn32)cc1. The van der Waals surface area contributed by atoms with Gasteiger partial charge in [0.15, 0.2) is 0 Å². The second-order valence-corrected chi connectivity index (χ2v) is 8.00. The van der Waals surface area contributed by atoms with Crippen LogP contribution in [0.4, 0.5) is 11.9 Å². The van der Waals surface area contributed by atoms with Gasteiger partial charge in [-0.3, -0.25) is 14.9 Å². The molecule has 164 valence electrons. The van der Waals surface area contributed by atoms with Crippen molar-refractivity contribution in [1.29, 1.82) is 0 Å². The van der Waals surface area contributed by atoms with E-state index in [1.807, 2.05) is 61.5 Å². The van der Waals surface area contributed by atoms with Crippen LogP contribution in [0, 0.1) is 6.92 Å². The number of hydrogen-bond acceptors (Lipinski definition) is 5. The summed E-state index contributed by atoms with van der Waals surface area (Å²) in [7, 11) is 0. The van der Waals surface area contributed by atoms with Crippen LogP contribution in [-0.2, 0) is 9.59 Å². The minimum Gasteiger partial charge on any atom is -0.481 e. The van der Waals surface area contributed by atoms with E-state index in [1.165, 1.54) is 0 Å². The summed E-state index contributed by atoms with van der Waals surface area (Å²) in [6, 6.07) is 15.4. The molecule has 0 unspecified atom stereocenters. The highest BCUT2D eigenvalue weighted by Crippen LogP contribution is 2.33. The van der Waals surface area contributed by atoms with Crippen LogP contribution in [0.25, 0.3) is 5.70 Å². The second kappa shape index (κ2) is 9.23. The lowest BCUT2D eigenvalue weighted by molar-refractivity contribution is -0.137. The summed E-state index contributed by atoms with van der Waals surface area (Å²) in [5.41, 5.74) is 3.97. The number of aryl methyl sites for hydroxylation is 1. The van der Waals surface area contributed by atoms with Gasteiger partial charge in [-0.05, 0) is 42.7 Å². The van der Waals surface area contributed by atoms with Crippen molar-refractivity contribution in [2.45, 2.75) is 32.2 Å². The summed E-state index contributed by atoms with van der Waals surface area (Å²) in [6.07, 6.45) is 2.32. The maximum absolute atomic E-state index is 12.2. The molecule has 2 aromatic carbocycles. The van der Waals surface area contributed by atoms with Crippen LogP contribution < -0.4 is 10.6 Å². The van der Waals surface area contributed by atoms with E-state index in [0.29, 0.717) is 11.0 Å². The highest BCUT2D eigenvalue weighted by atomic mass is 35.5. The fourth-order valence-corrected chi connectivity index (χ4v) is 3.56. The Balaban J connectivity index is 1.62. The fraction of sp³-hybridized carbons (Fsp3) is 0.217. The van der Waals surface area contributed by atoms with E-state index in [1.54, 1.807) is 4.68 Å².